The molecule has 3 aromatic rings. The highest BCUT2D eigenvalue weighted by atomic mass is 32.2. The minimum absolute atomic E-state index is 0.0530. The number of benzene rings is 2. The number of para-hydroxylation sites is 1. The number of nitrogens with one attached hydrogen (secondary N) is 1. The average Bonchev–Trinajstić information content (AvgIpc) is 2.96. The van der Waals surface area contributed by atoms with Crippen LogP contribution in [0, 0.1) is 6.92 Å². The summed E-state index contributed by atoms with van der Waals surface area (Å²) in [6, 6.07) is 18.1. The first-order valence-electron chi connectivity index (χ1n) is 10.5. The molecule has 30 heavy (non-hydrogen) atoms. The van der Waals surface area contributed by atoms with Crippen LogP contribution in [0.5, 0.6) is 0 Å². The molecule has 2 aromatic carbocycles. The Hall–Kier alpha value is -2.80. The second-order valence-electron chi connectivity index (χ2n) is 7.49. The van der Waals surface area contributed by atoms with E-state index in [1.807, 2.05) is 54.0 Å². The monoisotopic (exact) mass is 421 g/mol. The Morgan fingerprint density at radius 2 is 1.63 bits per heavy atom. The highest BCUT2D eigenvalue weighted by Gasteiger charge is 2.14. The van der Waals surface area contributed by atoms with E-state index in [-0.39, 0.29) is 11.7 Å². The van der Waals surface area contributed by atoms with Crippen molar-refractivity contribution in [3.63, 3.8) is 0 Å². The van der Waals surface area contributed by atoms with Crippen LogP contribution in [0.25, 0.3) is 5.69 Å². The van der Waals surface area contributed by atoms with E-state index in [4.69, 9.17) is 0 Å². The van der Waals surface area contributed by atoms with Crippen LogP contribution in [0.15, 0.2) is 59.8 Å². The zero-order valence-corrected chi connectivity index (χ0v) is 18.1. The average molecular weight is 422 g/mol. The van der Waals surface area contributed by atoms with Gasteiger partial charge in [0.1, 0.15) is 5.82 Å². The van der Waals surface area contributed by atoms with Crippen molar-refractivity contribution < 1.29 is 4.79 Å². The van der Waals surface area contributed by atoms with E-state index in [2.05, 4.69) is 32.5 Å². The summed E-state index contributed by atoms with van der Waals surface area (Å²) in [4.78, 5) is 14.9. The van der Waals surface area contributed by atoms with E-state index in [9.17, 15) is 4.79 Å². The number of rotatable bonds is 6. The second kappa shape index (κ2) is 9.80. The summed E-state index contributed by atoms with van der Waals surface area (Å²) in [6.45, 7) is 4.14. The van der Waals surface area contributed by atoms with Gasteiger partial charge in [0.25, 0.3) is 0 Å². The largest absolute Gasteiger partial charge is 0.372 e. The fourth-order valence-electron chi connectivity index (χ4n) is 3.72. The van der Waals surface area contributed by atoms with Crippen molar-refractivity contribution in [3.8, 4) is 5.69 Å². The third-order valence-corrected chi connectivity index (χ3v) is 6.19. The van der Waals surface area contributed by atoms with Crippen molar-refractivity contribution in [2.24, 2.45) is 0 Å². The van der Waals surface area contributed by atoms with Gasteiger partial charge in [0.05, 0.1) is 5.75 Å². The maximum Gasteiger partial charge on any atom is 0.234 e. The van der Waals surface area contributed by atoms with Crippen molar-refractivity contribution in [2.45, 2.75) is 37.8 Å². The van der Waals surface area contributed by atoms with Crippen molar-refractivity contribution in [2.75, 3.05) is 29.1 Å². The number of hydrogen-bond donors (Lipinski definition) is 1. The van der Waals surface area contributed by atoms with Gasteiger partial charge in [0, 0.05) is 30.2 Å². The summed E-state index contributed by atoms with van der Waals surface area (Å²) in [6.07, 6.45) is 5.14. The molecule has 1 aliphatic rings. The third-order valence-electron chi connectivity index (χ3n) is 5.26. The third kappa shape index (κ3) is 5.02. The molecule has 0 unspecified atom stereocenters. The molecule has 0 aliphatic carbocycles. The van der Waals surface area contributed by atoms with Gasteiger partial charge in [-0.25, -0.2) is 0 Å². The summed E-state index contributed by atoms with van der Waals surface area (Å²) < 4.78 is 1.97. The molecule has 0 atom stereocenters. The van der Waals surface area contributed by atoms with Crippen LogP contribution in [0.4, 0.5) is 11.4 Å². The fraction of sp³-hybridized carbons (Fsp3) is 0.348. The highest BCUT2D eigenvalue weighted by Crippen LogP contribution is 2.23. The van der Waals surface area contributed by atoms with Crippen LogP contribution in [-0.4, -0.2) is 39.5 Å². The van der Waals surface area contributed by atoms with Crippen LogP contribution in [0.2, 0.25) is 0 Å². The summed E-state index contributed by atoms with van der Waals surface area (Å²) >= 11 is 1.39. The van der Waals surface area contributed by atoms with E-state index < -0.39 is 0 Å². The Labute approximate surface area is 181 Å². The number of hydrogen-bond acceptors (Lipinski definition) is 5. The normalized spacial score (nSPS) is 14.4. The molecule has 156 valence electrons. The Balaban J connectivity index is 1.34. The number of amides is 1. The molecule has 1 amide bonds. The summed E-state index contributed by atoms with van der Waals surface area (Å²) in [5.74, 6) is 1.02. The van der Waals surface area contributed by atoms with Gasteiger partial charge in [-0.05, 0) is 56.2 Å². The quantitative estimate of drug-likeness (QED) is 0.585. The minimum Gasteiger partial charge on any atom is -0.372 e. The second-order valence-corrected chi connectivity index (χ2v) is 8.43. The molecule has 0 bridgehead atoms. The highest BCUT2D eigenvalue weighted by molar-refractivity contribution is 7.99. The lowest BCUT2D eigenvalue weighted by Crippen LogP contribution is -2.23. The molecule has 1 fully saturated rings. The van der Waals surface area contributed by atoms with Crippen LogP contribution in [-0.2, 0) is 4.79 Å². The van der Waals surface area contributed by atoms with Crippen LogP contribution >= 0.6 is 11.8 Å². The summed E-state index contributed by atoms with van der Waals surface area (Å²) in [5.41, 5.74) is 3.04. The molecule has 0 spiro atoms. The minimum atomic E-state index is -0.0530. The lowest BCUT2D eigenvalue weighted by atomic mass is 10.2. The van der Waals surface area contributed by atoms with E-state index in [0.29, 0.717) is 5.16 Å². The Morgan fingerprint density at radius 1 is 0.933 bits per heavy atom. The topological polar surface area (TPSA) is 63.1 Å². The van der Waals surface area contributed by atoms with Gasteiger partial charge in [-0.3, -0.25) is 9.36 Å². The number of nitrogens with zero attached hydrogens (tertiary/aromatic N) is 4. The molecule has 2 heterocycles. The Morgan fingerprint density at radius 3 is 2.33 bits per heavy atom. The number of aryl methyl sites for hydroxylation is 1. The molecular weight excluding hydrogens is 394 g/mol. The molecule has 7 heteroatoms. The first-order valence-corrected chi connectivity index (χ1v) is 11.4. The van der Waals surface area contributed by atoms with Gasteiger partial charge in [0.2, 0.25) is 5.91 Å². The molecule has 1 aromatic heterocycles. The van der Waals surface area contributed by atoms with Crippen LogP contribution < -0.4 is 10.2 Å². The SMILES string of the molecule is Cc1nnc(SCC(=O)Nc2ccc(N3CCCCCC3)cc2)n1-c1ccccc1. The number of carbonyl (C=O) groups is 1. The predicted octanol–water partition coefficient (Wildman–Crippen LogP) is 4.69. The van der Waals surface area contributed by atoms with Gasteiger partial charge in [0.15, 0.2) is 5.16 Å². The molecule has 1 aliphatic heterocycles. The van der Waals surface area contributed by atoms with Gasteiger partial charge >= 0.3 is 0 Å². The van der Waals surface area contributed by atoms with Gasteiger partial charge in [-0.2, -0.15) is 0 Å². The predicted molar refractivity (Wildman–Crippen MR) is 123 cm³/mol. The molecule has 1 saturated heterocycles. The first-order chi connectivity index (χ1) is 14.7. The van der Waals surface area contributed by atoms with Gasteiger partial charge in [-0.1, -0.05) is 42.8 Å². The van der Waals surface area contributed by atoms with Gasteiger partial charge < -0.3 is 10.2 Å². The van der Waals surface area contributed by atoms with E-state index in [1.54, 1.807) is 0 Å². The van der Waals surface area contributed by atoms with E-state index in [0.717, 1.165) is 30.3 Å². The van der Waals surface area contributed by atoms with Crippen LogP contribution in [0.3, 0.4) is 0 Å². The number of aromatic nitrogens is 3. The standard InChI is InChI=1S/C23H27N5OS/c1-18-25-26-23(28(18)21-9-5-4-6-10-21)30-17-22(29)24-19-11-13-20(14-12-19)27-15-7-2-3-8-16-27/h4-6,9-14H,2-3,7-8,15-17H2,1H3,(H,24,29). The van der Waals surface area contributed by atoms with Crippen molar-refractivity contribution in [1.82, 2.24) is 14.8 Å². The van der Waals surface area contributed by atoms with E-state index in [1.165, 1.54) is 43.1 Å². The number of carbonyl (C=O) groups excluding carboxylic acids is 1. The van der Waals surface area contributed by atoms with Crippen molar-refractivity contribution >= 4 is 29.0 Å². The lowest BCUT2D eigenvalue weighted by Gasteiger charge is -2.22. The Bertz CT molecular complexity index is 963. The summed E-state index contributed by atoms with van der Waals surface area (Å²) in [5, 5.41) is 12.1. The van der Waals surface area contributed by atoms with Gasteiger partial charge in [-0.15, -0.1) is 10.2 Å². The van der Waals surface area contributed by atoms with Crippen LogP contribution in [0.1, 0.15) is 31.5 Å². The molecular formula is C23H27N5OS. The molecule has 0 saturated carbocycles. The Kier molecular flexibility index (Phi) is 6.69. The number of thioether (sulfide) groups is 1. The maximum atomic E-state index is 12.5. The zero-order chi connectivity index (χ0) is 20.8. The first kappa shape index (κ1) is 20.5. The maximum absolute atomic E-state index is 12.5. The zero-order valence-electron chi connectivity index (χ0n) is 17.3. The summed E-state index contributed by atoms with van der Waals surface area (Å²) in [7, 11) is 0. The number of anilines is 2. The van der Waals surface area contributed by atoms with Crippen molar-refractivity contribution in [1.29, 1.82) is 0 Å². The smallest absolute Gasteiger partial charge is 0.234 e. The molecule has 6 nitrogen and oxygen atoms in total. The molecule has 1 N–H and O–H groups in total. The fourth-order valence-corrected chi connectivity index (χ4v) is 4.52. The van der Waals surface area contributed by atoms with E-state index >= 15 is 0 Å². The molecule has 4 rings (SSSR count). The molecule has 0 radical (unpaired) electrons. The van der Waals surface area contributed by atoms with Crippen molar-refractivity contribution in [3.05, 3.63) is 60.4 Å². The lowest BCUT2D eigenvalue weighted by molar-refractivity contribution is -0.113.